The summed E-state index contributed by atoms with van der Waals surface area (Å²) in [6.45, 7) is 0.420. The van der Waals surface area contributed by atoms with Crippen molar-refractivity contribution >= 4 is 11.6 Å². The van der Waals surface area contributed by atoms with E-state index in [0.717, 1.165) is 5.69 Å². The molecule has 2 rings (SSSR count). The zero-order valence-corrected chi connectivity index (χ0v) is 11.6. The number of unbranched alkanes of at least 4 members (excludes halogenated alkanes) is 1. The Bertz CT molecular complexity index is 633. The Kier molecular flexibility index (Phi) is 5.36. The van der Waals surface area contributed by atoms with Gasteiger partial charge in [0.15, 0.2) is 0 Å². The van der Waals surface area contributed by atoms with Crippen LogP contribution in [0.15, 0.2) is 54.6 Å². The lowest BCUT2D eigenvalue weighted by molar-refractivity contribution is 0.102. The van der Waals surface area contributed by atoms with Gasteiger partial charge in [-0.3, -0.25) is 4.79 Å². The predicted molar refractivity (Wildman–Crippen MR) is 81.2 cm³/mol. The average molecular weight is 280 g/mol. The zero-order valence-electron chi connectivity index (χ0n) is 11.6. The van der Waals surface area contributed by atoms with Crippen LogP contribution in [0, 0.1) is 11.3 Å². The molecule has 0 saturated carbocycles. The van der Waals surface area contributed by atoms with Crippen LogP contribution in [0.5, 0.6) is 5.75 Å². The maximum atomic E-state index is 12.3. The minimum atomic E-state index is -0.211. The van der Waals surface area contributed by atoms with Crippen LogP contribution in [0.3, 0.4) is 0 Å². The Morgan fingerprint density at radius 2 is 1.81 bits per heavy atom. The highest BCUT2D eigenvalue weighted by atomic mass is 16.5. The second-order valence-electron chi connectivity index (χ2n) is 4.43. The number of nitrogens with zero attached hydrogens (tertiary/aromatic N) is 1. The Hall–Kier alpha value is -2.80. The number of nitriles is 1. The second-order valence-corrected chi connectivity index (χ2v) is 4.43. The number of hydrogen-bond donors (Lipinski definition) is 1. The molecule has 21 heavy (non-hydrogen) atoms. The summed E-state index contributed by atoms with van der Waals surface area (Å²) >= 11 is 0. The van der Waals surface area contributed by atoms with Gasteiger partial charge in [-0.1, -0.05) is 30.3 Å². The number of carbonyl (C=O) groups excluding carboxylic acids is 1. The zero-order chi connectivity index (χ0) is 14.9. The minimum Gasteiger partial charge on any atom is -0.493 e. The largest absolute Gasteiger partial charge is 0.493 e. The molecule has 1 amide bonds. The van der Waals surface area contributed by atoms with Crippen LogP contribution in [0.2, 0.25) is 0 Å². The summed E-state index contributed by atoms with van der Waals surface area (Å²) in [5.74, 6) is 0.320. The highest BCUT2D eigenvalue weighted by molar-refractivity contribution is 6.06. The quantitative estimate of drug-likeness (QED) is 0.822. The van der Waals surface area contributed by atoms with Crippen molar-refractivity contribution < 1.29 is 9.53 Å². The Balaban J connectivity index is 2.05. The van der Waals surface area contributed by atoms with Crippen LogP contribution >= 0.6 is 0 Å². The van der Waals surface area contributed by atoms with E-state index in [1.165, 1.54) is 0 Å². The number of ether oxygens (including phenoxy) is 1. The fourth-order valence-electron chi connectivity index (χ4n) is 1.83. The third kappa shape index (κ3) is 4.36. The number of nitrogens with one attached hydrogen (secondary N) is 1. The SMILES string of the molecule is N#CCCCOc1ccccc1C(=O)Nc1ccccc1. The van der Waals surface area contributed by atoms with Gasteiger partial charge in [0.2, 0.25) is 0 Å². The van der Waals surface area contributed by atoms with E-state index in [-0.39, 0.29) is 5.91 Å². The van der Waals surface area contributed by atoms with E-state index in [0.29, 0.717) is 30.8 Å². The van der Waals surface area contributed by atoms with E-state index in [2.05, 4.69) is 11.4 Å². The lowest BCUT2D eigenvalue weighted by atomic mass is 10.2. The van der Waals surface area contributed by atoms with Crippen LogP contribution in [0.4, 0.5) is 5.69 Å². The molecule has 4 nitrogen and oxygen atoms in total. The van der Waals surface area contributed by atoms with Gasteiger partial charge in [-0.25, -0.2) is 0 Å². The predicted octanol–water partition coefficient (Wildman–Crippen LogP) is 3.62. The van der Waals surface area contributed by atoms with Gasteiger partial charge >= 0.3 is 0 Å². The number of benzene rings is 2. The van der Waals surface area contributed by atoms with Gasteiger partial charge in [0.05, 0.1) is 18.2 Å². The first kappa shape index (κ1) is 14.6. The van der Waals surface area contributed by atoms with E-state index in [1.54, 1.807) is 18.2 Å². The van der Waals surface area contributed by atoms with Gasteiger partial charge in [-0.05, 0) is 30.7 Å². The van der Waals surface area contributed by atoms with Crippen molar-refractivity contribution in [3.63, 3.8) is 0 Å². The first-order chi connectivity index (χ1) is 10.3. The van der Waals surface area contributed by atoms with Crippen molar-refractivity contribution in [2.45, 2.75) is 12.8 Å². The van der Waals surface area contributed by atoms with E-state index >= 15 is 0 Å². The van der Waals surface area contributed by atoms with Crippen molar-refractivity contribution in [3.05, 3.63) is 60.2 Å². The van der Waals surface area contributed by atoms with Gasteiger partial charge in [-0.15, -0.1) is 0 Å². The third-order valence-corrected chi connectivity index (χ3v) is 2.85. The van der Waals surface area contributed by atoms with Gasteiger partial charge in [0.25, 0.3) is 5.91 Å². The summed E-state index contributed by atoms with van der Waals surface area (Å²) in [6.07, 6.45) is 1.09. The fraction of sp³-hybridized carbons (Fsp3) is 0.176. The first-order valence-corrected chi connectivity index (χ1v) is 6.76. The number of amides is 1. The lowest BCUT2D eigenvalue weighted by Crippen LogP contribution is -2.13. The summed E-state index contributed by atoms with van der Waals surface area (Å²) in [5, 5.41) is 11.3. The van der Waals surface area contributed by atoms with Gasteiger partial charge < -0.3 is 10.1 Å². The number of hydrogen-bond acceptors (Lipinski definition) is 3. The first-order valence-electron chi connectivity index (χ1n) is 6.76. The maximum Gasteiger partial charge on any atom is 0.259 e. The molecule has 0 atom stereocenters. The highest BCUT2D eigenvalue weighted by Crippen LogP contribution is 2.20. The normalized spacial score (nSPS) is 9.67. The Morgan fingerprint density at radius 3 is 2.57 bits per heavy atom. The van der Waals surface area contributed by atoms with Crippen LogP contribution in [0.1, 0.15) is 23.2 Å². The number of carbonyl (C=O) groups is 1. The molecule has 0 aliphatic carbocycles. The van der Waals surface area contributed by atoms with Crippen LogP contribution < -0.4 is 10.1 Å². The van der Waals surface area contributed by atoms with Crippen molar-refractivity contribution in [1.82, 2.24) is 0 Å². The van der Waals surface area contributed by atoms with Crippen molar-refractivity contribution in [3.8, 4) is 11.8 Å². The molecular formula is C17H16N2O2. The number of para-hydroxylation sites is 2. The Labute approximate surface area is 124 Å². The summed E-state index contributed by atoms with van der Waals surface area (Å²) in [6, 6.07) is 18.4. The molecule has 0 bridgehead atoms. The Morgan fingerprint density at radius 1 is 1.10 bits per heavy atom. The third-order valence-electron chi connectivity index (χ3n) is 2.85. The van der Waals surface area contributed by atoms with E-state index < -0.39 is 0 Å². The van der Waals surface area contributed by atoms with Gasteiger partial charge in [0.1, 0.15) is 5.75 Å². The molecule has 0 saturated heterocycles. The summed E-state index contributed by atoms with van der Waals surface area (Å²) in [4.78, 5) is 12.3. The molecule has 0 fully saturated rings. The standard InChI is InChI=1S/C17H16N2O2/c18-12-6-7-13-21-16-11-5-4-10-15(16)17(20)19-14-8-2-1-3-9-14/h1-5,8-11H,6-7,13H2,(H,19,20). The van der Waals surface area contributed by atoms with E-state index in [9.17, 15) is 4.79 Å². The molecule has 0 aliphatic heterocycles. The molecule has 0 heterocycles. The molecule has 106 valence electrons. The van der Waals surface area contributed by atoms with Crippen molar-refractivity contribution in [2.24, 2.45) is 0 Å². The van der Waals surface area contributed by atoms with E-state index in [1.807, 2.05) is 36.4 Å². The minimum absolute atomic E-state index is 0.211. The number of rotatable bonds is 6. The second kappa shape index (κ2) is 7.71. The lowest BCUT2D eigenvalue weighted by Gasteiger charge is -2.11. The van der Waals surface area contributed by atoms with Crippen molar-refractivity contribution in [1.29, 1.82) is 5.26 Å². The highest BCUT2D eigenvalue weighted by Gasteiger charge is 2.12. The van der Waals surface area contributed by atoms with Gasteiger partial charge in [-0.2, -0.15) is 5.26 Å². The molecule has 4 heteroatoms. The molecular weight excluding hydrogens is 264 g/mol. The molecule has 1 N–H and O–H groups in total. The molecule has 0 aliphatic rings. The fourth-order valence-corrected chi connectivity index (χ4v) is 1.83. The molecule has 0 radical (unpaired) electrons. The molecule has 0 spiro atoms. The molecule has 2 aromatic rings. The van der Waals surface area contributed by atoms with Crippen LogP contribution in [-0.4, -0.2) is 12.5 Å². The topological polar surface area (TPSA) is 62.1 Å². The monoisotopic (exact) mass is 280 g/mol. The summed E-state index contributed by atoms with van der Waals surface area (Å²) in [7, 11) is 0. The van der Waals surface area contributed by atoms with Crippen LogP contribution in [-0.2, 0) is 0 Å². The number of anilines is 1. The maximum absolute atomic E-state index is 12.3. The molecule has 2 aromatic carbocycles. The van der Waals surface area contributed by atoms with Crippen molar-refractivity contribution in [2.75, 3.05) is 11.9 Å². The summed E-state index contributed by atoms with van der Waals surface area (Å²) < 4.78 is 5.59. The summed E-state index contributed by atoms with van der Waals surface area (Å²) in [5.41, 5.74) is 1.22. The van der Waals surface area contributed by atoms with Gasteiger partial charge in [0, 0.05) is 12.1 Å². The molecule has 0 unspecified atom stereocenters. The van der Waals surface area contributed by atoms with Crippen LogP contribution in [0.25, 0.3) is 0 Å². The smallest absolute Gasteiger partial charge is 0.259 e. The van der Waals surface area contributed by atoms with E-state index in [4.69, 9.17) is 10.00 Å². The average Bonchev–Trinajstić information content (AvgIpc) is 2.53. The molecule has 0 aromatic heterocycles.